The van der Waals surface area contributed by atoms with Crippen LogP contribution in [0, 0.1) is 0 Å². The normalized spacial score (nSPS) is 23.3. The predicted octanol–water partition coefficient (Wildman–Crippen LogP) is 2.71. The first kappa shape index (κ1) is 17.0. The number of hydrogen-bond donors (Lipinski definition) is 1. The molecular weight excluding hydrogens is 276 g/mol. The van der Waals surface area contributed by atoms with Crippen LogP contribution in [0.4, 0.5) is 0 Å². The van der Waals surface area contributed by atoms with Crippen LogP contribution in [0.1, 0.15) is 45.6 Å². The first-order chi connectivity index (χ1) is 10.3. The molecule has 2 N–H and O–H groups in total. The molecule has 0 spiro atoms. The van der Waals surface area contributed by atoms with E-state index in [1.807, 2.05) is 26.8 Å². The molecule has 0 amide bonds. The molecule has 0 radical (unpaired) electrons. The second-order valence-corrected chi connectivity index (χ2v) is 7.43. The highest BCUT2D eigenvalue weighted by Crippen LogP contribution is 2.25. The minimum atomic E-state index is -0.477. The fraction of sp³-hybridized carbons (Fsp3) is 0.611. The first-order valence-electron chi connectivity index (χ1n) is 8.03. The Morgan fingerprint density at radius 3 is 2.64 bits per heavy atom. The maximum Gasteiger partial charge on any atom is 0.308 e. The van der Waals surface area contributed by atoms with Gasteiger partial charge < -0.3 is 10.5 Å². The SMILES string of the molecule is CC(C)(C)OC(=O)C[C@]1(N)CCCN(Cc2ccccc2)C1. The standard InChI is InChI=1S/C18H28N2O2/c1-17(2,3)22-16(21)12-18(19)10-7-11-20(14-18)13-15-8-5-4-6-9-15/h4-6,8-9H,7,10-14,19H2,1-3H3/t18-/m1/s1. The number of carbonyl (C=O) groups is 1. The van der Waals surface area contributed by atoms with E-state index in [1.54, 1.807) is 0 Å². The van der Waals surface area contributed by atoms with Gasteiger partial charge in [0.2, 0.25) is 0 Å². The summed E-state index contributed by atoms with van der Waals surface area (Å²) in [6.45, 7) is 8.31. The molecule has 0 bridgehead atoms. The average molecular weight is 304 g/mol. The zero-order chi connectivity index (χ0) is 16.2. The highest BCUT2D eigenvalue weighted by atomic mass is 16.6. The number of likely N-dealkylation sites (tertiary alicyclic amines) is 1. The van der Waals surface area contributed by atoms with Gasteiger partial charge in [-0.05, 0) is 45.7 Å². The summed E-state index contributed by atoms with van der Waals surface area (Å²) in [6.07, 6.45) is 2.18. The van der Waals surface area contributed by atoms with E-state index in [-0.39, 0.29) is 12.4 Å². The molecule has 1 aliphatic rings. The Morgan fingerprint density at radius 2 is 2.00 bits per heavy atom. The van der Waals surface area contributed by atoms with Crippen LogP contribution in [0.5, 0.6) is 0 Å². The number of esters is 1. The minimum Gasteiger partial charge on any atom is -0.460 e. The minimum absolute atomic E-state index is 0.198. The molecule has 1 aromatic rings. The van der Waals surface area contributed by atoms with Crippen molar-refractivity contribution in [3.63, 3.8) is 0 Å². The lowest BCUT2D eigenvalue weighted by Gasteiger charge is -2.40. The quantitative estimate of drug-likeness (QED) is 0.869. The van der Waals surface area contributed by atoms with E-state index in [0.29, 0.717) is 0 Å². The fourth-order valence-electron chi connectivity index (χ4n) is 3.04. The number of rotatable bonds is 4. The lowest BCUT2D eigenvalue weighted by atomic mass is 9.86. The third-order valence-corrected chi connectivity index (χ3v) is 3.85. The third-order valence-electron chi connectivity index (χ3n) is 3.85. The van der Waals surface area contributed by atoms with E-state index in [2.05, 4.69) is 29.2 Å². The van der Waals surface area contributed by atoms with E-state index in [4.69, 9.17) is 10.5 Å². The van der Waals surface area contributed by atoms with Gasteiger partial charge in [0.05, 0.1) is 6.42 Å². The highest BCUT2D eigenvalue weighted by molar-refractivity contribution is 5.71. The van der Waals surface area contributed by atoms with Crippen LogP contribution in [0.3, 0.4) is 0 Å². The molecule has 4 heteroatoms. The molecular formula is C18H28N2O2. The topological polar surface area (TPSA) is 55.6 Å². The summed E-state index contributed by atoms with van der Waals surface area (Å²) in [5, 5.41) is 0. The van der Waals surface area contributed by atoms with Gasteiger partial charge in [-0.25, -0.2) is 0 Å². The van der Waals surface area contributed by atoms with E-state index < -0.39 is 11.1 Å². The number of piperidine rings is 1. The summed E-state index contributed by atoms with van der Waals surface area (Å²) in [5.74, 6) is -0.198. The molecule has 1 fully saturated rings. The zero-order valence-electron chi connectivity index (χ0n) is 14.0. The van der Waals surface area contributed by atoms with Crippen molar-refractivity contribution in [1.82, 2.24) is 4.90 Å². The van der Waals surface area contributed by atoms with Gasteiger partial charge in [-0.1, -0.05) is 30.3 Å². The van der Waals surface area contributed by atoms with Crippen LogP contribution in [-0.2, 0) is 16.1 Å². The summed E-state index contributed by atoms with van der Waals surface area (Å²) in [6, 6.07) is 10.4. The van der Waals surface area contributed by atoms with E-state index >= 15 is 0 Å². The van der Waals surface area contributed by atoms with Crippen LogP contribution >= 0.6 is 0 Å². The van der Waals surface area contributed by atoms with Crippen molar-refractivity contribution < 1.29 is 9.53 Å². The van der Waals surface area contributed by atoms with Gasteiger partial charge in [0.25, 0.3) is 0 Å². The summed E-state index contributed by atoms with van der Waals surface area (Å²) >= 11 is 0. The van der Waals surface area contributed by atoms with E-state index in [0.717, 1.165) is 32.5 Å². The smallest absolute Gasteiger partial charge is 0.308 e. The maximum atomic E-state index is 12.1. The summed E-state index contributed by atoms with van der Waals surface area (Å²) in [5.41, 5.74) is 6.83. The Balaban J connectivity index is 1.92. The van der Waals surface area contributed by atoms with Crippen LogP contribution in [0.25, 0.3) is 0 Å². The number of benzene rings is 1. The van der Waals surface area contributed by atoms with E-state index in [9.17, 15) is 4.79 Å². The Morgan fingerprint density at radius 1 is 1.32 bits per heavy atom. The fourth-order valence-corrected chi connectivity index (χ4v) is 3.04. The molecule has 1 saturated heterocycles. The lowest BCUT2D eigenvalue weighted by Crippen LogP contribution is -2.55. The molecule has 1 heterocycles. The number of nitrogens with zero attached hydrogens (tertiary/aromatic N) is 1. The molecule has 1 aromatic carbocycles. The van der Waals surface area contributed by atoms with Crippen molar-refractivity contribution in [2.75, 3.05) is 13.1 Å². The van der Waals surface area contributed by atoms with Crippen LogP contribution < -0.4 is 5.73 Å². The van der Waals surface area contributed by atoms with Crippen LogP contribution in [0.15, 0.2) is 30.3 Å². The maximum absolute atomic E-state index is 12.1. The highest BCUT2D eigenvalue weighted by Gasteiger charge is 2.35. The van der Waals surface area contributed by atoms with E-state index in [1.165, 1.54) is 5.56 Å². The summed E-state index contributed by atoms with van der Waals surface area (Å²) in [7, 11) is 0. The second kappa shape index (κ2) is 6.80. The van der Waals surface area contributed by atoms with Crippen molar-refractivity contribution >= 4 is 5.97 Å². The molecule has 4 nitrogen and oxygen atoms in total. The van der Waals surface area contributed by atoms with Crippen LogP contribution in [0.2, 0.25) is 0 Å². The molecule has 1 aliphatic heterocycles. The van der Waals surface area contributed by atoms with Crippen molar-refractivity contribution in [3.8, 4) is 0 Å². The lowest BCUT2D eigenvalue weighted by molar-refractivity contribution is -0.156. The van der Waals surface area contributed by atoms with Gasteiger partial charge in [0.1, 0.15) is 5.60 Å². The molecule has 0 aliphatic carbocycles. The predicted molar refractivity (Wildman–Crippen MR) is 88.3 cm³/mol. The van der Waals surface area contributed by atoms with Crippen molar-refractivity contribution in [3.05, 3.63) is 35.9 Å². The summed E-state index contributed by atoms with van der Waals surface area (Å²) < 4.78 is 5.42. The molecule has 2 rings (SSSR count). The Labute approximate surface area is 133 Å². The van der Waals surface area contributed by atoms with Gasteiger partial charge in [-0.3, -0.25) is 9.69 Å². The molecule has 0 saturated carbocycles. The number of hydrogen-bond acceptors (Lipinski definition) is 4. The monoisotopic (exact) mass is 304 g/mol. The van der Waals surface area contributed by atoms with Crippen LogP contribution in [-0.4, -0.2) is 35.1 Å². The van der Waals surface area contributed by atoms with Crippen molar-refractivity contribution in [1.29, 1.82) is 0 Å². The van der Waals surface area contributed by atoms with Gasteiger partial charge >= 0.3 is 5.97 Å². The van der Waals surface area contributed by atoms with Gasteiger partial charge in [-0.2, -0.15) is 0 Å². The van der Waals surface area contributed by atoms with Crippen molar-refractivity contribution in [2.24, 2.45) is 5.73 Å². The Bertz CT molecular complexity index is 496. The summed E-state index contributed by atoms with van der Waals surface area (Å²) in [4.78, 5) is 14.4. The molecule has 0 unspecified atom stereocenters. The number of nitrogens with two attached hydrogens (primary N) is 1. The van der Waals surface area contributed by atoms with Gasteiger partial charge in [0, 0.05) is 18.6 Å². The Kier molecular flexibility index (Phi) is 5.24. The Hall–Kier alpha value is -1.39. The third kappa shape index (κ3) is 5.43. The van der Waals surface area contributed by atoms with Crippen molar-refractivity contribution in [2.45, 2.75) is 57.7 Å². The average Bonchev–Trinajstić information content (AvgIpc) is 2.36. The molecule has 22 heavy (non-hydrogen) atoms. The zero-order valence-corrected chi connectivity index (χ0v) is 14.0. The second-order valence-electron chi connectivity index (χ2n) is 7.43. The van der Waals surface area contributed by atoms with Gasteiger partial charge in [0.15, 0.2) is 0 Å². The first-order valence-corrected chi connectivity index (χ1v) is 8.03. The largest absolute Gasteiger partial charge is 0.460 e. The number of carbonyl (C=O) groups excluding carboxylic acids is 1. The molecule has 1 atom stereocenters. The number of ether oxygens (including phenoxy) is 1. The van der Waals surface area contributed by atoms with Gasteiger partial charge in [-0.15, -0.1) is 0 Å². The molecule has 0 aromatic heterocycles. The molecule has 122 valence electrons.